The van der Waals surface area contributed by atoms with E-state index >= 15 is 0 Å². The van der Waals surface area contributed by atoms with E-state index in [0.29, 0.717) is 42.3 Å². The summed E-state index contributed by atoms with van der Waals surface area (Å²) < 4.78 is 3.37. The largest absolute Gasteiger partial charge is 0.396 e. The van der Waals surface area contributed by atoms with E-state index < -0.39 is 0 Å². The lowest BCUT2D eigenvalue weighted by Gasteiger charge is -2.32. The van der Waals surface area contributed by atoms with Crippen LogP contribution >= 0.6 is 23.5 Å². The van der Waals surface area contributed by atoms with E-state index in [-0.39, 0.29) is 6.61 Å². The van der Waals surface area contributed by atoms with Gasteiger partial charge in [-0.2, -0.15) is 0 Å². The number of hydrogen-bond acceptors (Lipinski definition) is 7. The number of likely N-dealkylation sites (N-methyl/N-ethyl adjacent to an activating group) is 1. The van der Waals surface area contributed by atoms with Crippen molar-refractivity contribution in [1.82, 2.24) is 19.4 Å². The first kappa shape index (κ1) is 26.5. The Bertz CT molecular complexity index is 684. The summed E-state index contributed by atoms with van der Waals surface area (Å²) in [5.74, 6) is 1.16. The van der Waals surface area contributed by atoms with Crippen LogP contribution in [-0.2, 0) is 11.3 Å². The summed E-state index contributed by atoms with van der Waals surface area (Å²) in [6, 6.07) is 8.06. The van der Waals surface area contributed by atoms with Gasteiger partial charge in [0.25, 0.3) is 0 Å². The van der Waals surface area contributed by atoms with Crippen molar-refractivity contribution in [2.45, 2.75) is 32.9 Å². The Morgan fingerprint density at radius 2 is 2.00 bits per heavy atom. The molecule has 0 saturated carbocycles. The van der Waals surface area contributed by atoms with Gasteiger partial charge in [0.05, 0.1) is 11.6 Å². The zero-order valence-corrected chi connectivity index (χ0v) is 19.9. The predicted octanol–water partition coefficient (Wildman–Crippen LogP) is 3.02. The van der Waals surface area contributed by atoms with E-state index in [9.17, 15) is 9.90 Å². The molecule has 0 bridgehead atoms. The van der Waals surface area contributed by atoms with Crippen LogP contribution in [0.1, 0.15) is 25.8 Å². The van der Waals surface area contributed by atoms with Crippen LogP contribution in [0.15, 0.2) is 40.8 Å². The topological polar surface area (TPSA) is 71.4 Å². The highest BCUT2D eigenvalue weighted by Crippen LogP contribution is 2.22. The molecule has 168 valence electrons. The van der Waals surface area contributed by atoms with E-state index in [1.54, 1.807) is 19.0 Å². The molecule has 0 heterocycles. The molecule has 7 nitrogen and oxygen atoms in total. The number of nitrogens with one attached hydrogen (secondary N) is 1. The third kappa shape index (κ3) is 9.49. The molecule has 30 heavy (non-hydrogen) atoms. The smallest absolute Gasteiger partial charge is 0.215 e. The third-order valence-corrected chi connectivity index (χ3v) is 5.56. The number of carbonyl (C=O) groups is 1. The number of aliphatic hydroxyl groups is 1. The summed E-state index contributed by atoms with van der Waals surface area (Å²) in [6.45, 7) is 9.91. The lowest BCUT2D eigenvalue weighted by molar-refractivity contribution is -0.115. The van der Waals surface area contributed by atoms with Crippen molar-refractivity contribution < 1.29 is 9.90 Å². The second kappa shape index (κ2) is 14.4. The maximum Gasteiger partial charge on any atom is 0.215 e. The number of carbonyl (C=O) groups excluding carboxylic acids is 1. The van der Waals surface area contributed by atoms with Crippen LogP contribution in [0.3, 0.4) is 0 Å². The Labute approximate surface area is 189 Å². The molecule has 0 atom stereocenters. The number of amides is 1. The molecular formula is C21H34ClN5O2S. The molecule has 0 radical (unpaired) electrons. The minimum atomic E-state index is 0.132. The van der Waals surface area contributed by atoms with Gasteiger partial charge in [-0.25, -0.2) is 4.99 Å². The highest BCUT2D eigenvalue weighted by atomic mass is 35.5. The summed E-state index contributed by atoms with van der Waals surface area (Å²) in [7, 11) is 3.65. The first-order chi connectivity index (χ1) is 14.3. The first-order valence-electron chi connectivity index (χ1n) is 9.86. The maximum atomic E-state index is 11.5. The molecule has 0 fully saturated rings. The Morgan fingerprint density at radius 1 is 1.33 bits per heavy atom. The Hall–Kier alpha value is -1.58. The predicted molar refractivity (Wildman–Crippen MR) is 127 cm³/mol. The van der Waals surface area contributed by atoms with Crippen LogP contribution in [-0.4, -0.2) is 78.6 Å². The van der Waals surface area contributed by atoms with Crippen molar-refractivity contribution in [2.24, 2.45) is 4.99 Å². The Kier molecular flexibility index (Phi) is 12.7. The fourth-order valence-electron chi connectivity index (χ4n) is 2.75. The minimum absolute atomic E-state index is 0.132. The molecule has 1 aromatic rings. The van der Waals surface area contributed by atoms with Crippen LogP contribution in [0.4, 0.5) is 0 Å². The van der Waals surface area contributed by atoms with Crippen molar-refractivity contribution in [3.8, 4) is 0 Å². The van der Waals surface area contributed by atoms with Gasteiger partial charge in [-0.05, 0) is 51.7 Å². The average molecular weight is 456 g/mol. The Morgan fingerprint density at radius 3 is 2.53 bits per heavy atom. The molecule has 2 N–H and O–H groups in total. The highest BCUT2D eigenvalue weighted by Gasteiger charge is 2.20. The second-order valence-corrected chi connectivity index (χ2v) is 8.55. The van der Waals surface area contributed by atoms with Gasteiger partial charge in [-0.15, -0.1) is 0 Å². The molecule has 0 aliphatic carbocycles. The van der Waals surface area contributed by atoms with Crippen LogP contribution in [0.25, 0.3) is 0 Å². The summed E-state index contributed by atoms with van der Waals surface area (Å²) in [6.07, 6.45) is 1.41. The number of aliphatic hydroxyl groups excluding tert-OH is 1. The van der Waals surface area contributed by atoms with Crippen molar-refractivity contribution in [3.63, 3.8) is 0 Å². The number of hydrogen-bond donors (Lipinski definition) is 2. The molecule has 9 heteroatoms. The lowest BCUT2D eigenvalue weighted by Crippen LogP contribution is -2.36. The molecule has 1 amide bonds. The van der Waals surface area contributed by atoms with E-state index in [1.165, 1.54) is 4.90 Å². The summed E-state index contributed by atoms with van der Waals surface area (Å²) >= 11 is 7.65. The van der Waals surface area contributed by atoms with Crippen LogP contribution < -0.4 is 4.72 Å². The van der Waals surface area contributed by atoms with E-state index in [1.807, 2.05) is 31.3 Å². The van der Waals surface area contributed by atoms with E-state index in [4.69, 9.17) is 11.6 Å². The Balaban J connectivity index is 3.28. The zero-order valence-electron chi connectivity index (χ0n) is 18.3. The molecule has 0 unspecified atom stereocenters. The highest BCUT2D eigenvalue weighted by molar-refractivity contribution is 7.97. The second-order valence-electron chi connectivity index (χ2n) is 7.33. The first-order valence-corrected chi connectivity index (χ1v) is 11.2. The number of halogens is 1. The van der Waals surface area contributed by atoms with Gasteiger partial charge in [0, 0.05) is 44.4 Å². The minimum Gasteiger partial charge on any atom is -0.396 e. The average Bonchev–Trinajstić information content (AvgIpc) is 2.72. The van der Waals surface area contributed by atoms with Gasteiger partial charge >= 0.3 is 0 Å². The summed E-state index contributed by atoms with van der Waals surface area (Å²) in [5.41, 5.74) is 1.98. The number of benzene rings is 1. The normalized spacial score (nSPS) is 12.1. The standard InChI is InChI=1S/C21H34ClN5O2S/c1-17(2)24-30-16-27(13-18-7-9-19(22)10-8-18)20(14-25(4)11-6-12-28)21(23-3)26(5)15-29/h7-10,15,17,24,28H,3,6,11-14,16H2,1-2,4-5H3/b21-20+. The van der Waals surface area contributed by atoms with Gasteiger partial charge in [-0.1, -0.05) is 35.7 Å². The molecule has 0 spiro atoms. The van der Waals surface area contributed by atoms with Gasteiger partial charge < -0.3 is 19.8 Å². The monoisotopic (exact) mass is 455 g/mol. The van der Waals surface area contributed by atoms with Crippen LogP contribution in [0.2, 0.25) is 5.02 Å². The van der Waals surface area contributed by atoms with Gasteiger partial charge in [0.2, 0.25) is 6.41 Å². The zero-order chi connectivity index (χ0) is 22.5. The SMILES string of the molecule is C=N/C(=C(/CN(C)CCCO)N(CSNC(C)C)Cc1ccc(Cl)cc1)N(C)C=O. The fourth-order valence-corrected chi connectivity index (χ4v) is 3.69. The summed E-state index contributed by atoms with van der Waals surface area (Å²) in [4.78, 5) is 21.4. The molecule has 1 aromatic carbocycles. The van der Waals surface area contributed by atoms with Crippen molar-refractivity contribution in [3.05, 3.63) is 46.4 Å². The van der Waals surface area contributed by atoms with E-state index in [0.717, 1.165) is 24.2 Å². The van der Waals surface area contributed by atoms with Crippen LogP contribution in [0.5, 0.6) is 0 Å². The van der Waals surface area contributed by atoms with Crippen molar-refractivity contribution in [1.29, 1.82) is 0 Å². The lowest BCUT2D eigenvalue weighted by atomic mass is 10.2. The molecule has 0 saturated heterocycles. The number of rotatable bonds is 15. The van der Waals surface area contributed by atoms with Gasteiger partial charge in [-0.3, -0.25) is 9.52 Å². The quantitative estimate of drug-likeness (QED) is 0.183. The van der Waals surface area contributed by atoms with E-state index in [2.05, 4.69) is 40.1 Å². The van der Waals surface area contributed by atoms with Crippen LogP contribution in [0, 0.1) is 0 Å². The maximum absolute atomic E-state index is 11.5. The molecule has 0 aromatic heterocycles. The molecule has 0 aliphatic rings. The van der Waals surface area contributed by atoms with Crippen molar-refractivity contribution >= 4 is 36.7 Å². The fraction of sp³-hybridized carbons (Fsp3) is 0.524. The molecule has 0 aliphatic heterocycles. The molecular weight excluding hydrogens is 422 g/mol. The number of aliphatic imine (C=N–C) groups is 1. The third-order valence-electron chi connectivity index (χ3n) is 4.23. The van der Waals surface area contributed by atoms with Gasteiger partial charge in [0.15, 0.2) is 5.82 Å². The molecule has 1 rings (SSSR count). The van der Waals surface area contributed by atoms with Gasteiger partial charge in [0.1, 0.15) is 0 Å². The number of nitrogens with zero attached hydrogens (tertiary/aromatic N) is 4. The van der Waals surface area contributed by atoms with Crippen molar-refractivity contribution in [2.75, 3.05) is 39.7 Å². The summed E-state index contributed by atoms with van der Waals surface area (Å²) in [5, 5.41) is 9.86.